The van der Waals surface area contributed by atoms with Crippen LogP contribution in [0.5, 0.6) is 0 Å². The van der Waals surface area contributed by atoms with Crippen LogP contribution in [0.3, 0.4) is 0 Å². The third-order valence-corrected chi connectivity index (χ3v) is 3.98. The zero-order valence-electron chi connectivity index (χ0n) is 10.7. The molecule has 0 unspecified atom stereocenters. The van der Waals surface area contributed by atoms with Gasteiger partial charge in [0.1, 0.15) is 5.84 Å². The quantitative estimate of drug-likeness (QED) is 0.648. The Labute approximate surface area is 113 Å². The third kappa shape index (κ3) is 2.61. The summed E-state index contributed by atoms with van der Waals surface area (Å²) < 4.78 is 0. The number of nitrogens with two attached hydrogens (primary N) is 1. The fourth-order valence-corrected chi connectivity index (χ4v) is 3.04. The number of benzene rings is 1. The summed E-state index contributed by atoms with van der Waals surface area (Å²) in [6, 6.07) is 6.26. The van der Waals surface area contributed by atoms with Gasteiger partial charge in [0.15, 0.2) is 0 Å². The Hall–Kier alpha value is -1.22. The molecule has 0 radical (unpaired) electrons. The topological polar surface area (TPSA) is 53.1 Å². The van der Waals surface area contributed by atoms with Crippen molar-refractivity contribution in [2.45, 2.75) is 38.6 Å². The van der Waals surface area contributed by atoms with E-state index in [2.05, 4.69) is 11.8 Å². The molecule has 4 heteroatoms. The minimum absolute atomic E-state index is 0.0624. The van der Waals surface area contributed by atoms with E-state index < -0.39 is 0 Å². The van der Waals surface area contributed by atoms with Gasteiger partial charge in [0.05, 0.1) is 10.7 Å². The molecule has 98 valence electrons. The van der Waals surface area contributed by atoms with Gasteiger partial charge in [-0.25, -0.2) is 0 Å². The molecule has 2 rings (SSSR count). The first-order chi connectivity index (χ1) is 8.63. The molecule has 1 aliphatic carbocycles. The lowest BCUT2D eigenvalue weighted by Gasteiger charge is -2.30. The molecule has 0 heterocycles. The maximum atomic E-state index is 7.43. The van der Waals surface area contributed by atoms with E-state index in [0.29, 0.717) is 16.6 Å². The highest BCUT2D eigenvalue weighted by atomic mass is 35.5. The molecule has 0 saturated heterocycles. The lowest BCUT2D eigenvalue weighted by Crippen LogP contribution is -2.33. The Morgan fingerprint density at radius 2 is 2.11 bits per heavy atom. The van der Waals surface area contributed by atoms with E-state index in [1.165, 1.54) is 25.7 Å². The lowest BCUT2D eigenvalue weighted by molar-refractivity contribution is 0.620. The molecular weight excluding hydrogens is 246 g/mol. The minimum Gasteiger partial charge on any atom is -0.384 e. The van der Waals surface area contributed by atoms with Crippen LogP contribution >= 0.6 is 11.6 Å². The van der Waals surface area contributed by atoms with Gasteiger partial charge in [0, 0.05) is 18.2 Å². The first-order valence-electron chi connectivity index (χ1n) is 6.54. The number of nitrogens with one attached hydrogen (secondary N) is 1. The van der Waals surface area contributed by atoms with Crippen LogP contribution < -0.4 is 10.6 Å². The summed E-state index contributed by atoms with van der Waals surface area (Å²) in [5, 5.41) is 8.12. The largest absolute Gasteiger partial charge is 0.384 e. The van der Waals surface area contributed by atoms with E-state index in [1.807, 2.05) is 12.1 Å². The van der Waals surface area contributed by atoms with E-state index in [0.717, 1.165) is 12.2 Å². The van der Waals surface area contributed by atoms with Crippen LogP contribution in [0.25, 0.3) is 0 Å². The average molecular weight is 266 g/mol. The zero-order chi connectivity index (χ0) is 13.1. The number of nitrogens with zero attached hydrogens (tertiary/aromatic N) is 1. The summed E-state index contributed by atoms with van der Waals surface area (Å²) in [4.78, 5) is 2.37. The number of amidine groups is 1. The molecule has 0 atom stereocenters. The molecule has 1 saturated carbocycles. The highest BCUT2D eigenvalue weighted by Crippen LogP contribution is 2.33. The van der Waals surface area contributed by atoms with E-state index in [-0.39, 0.29) is 5.84 Å². The molecule has 3 N–H and O–H groups in total. The zero-order valence-corrected chi connectivity index (χ0v) is 11.5. The second-order valence-electron chi connectivity index (χ2n) is 4.80. The van der Waals surface area contributed by atoms with Crippen LogP contribution in [0.15, 0.2) is 18.2 Å². The number of halogens is 1. The van der Waals surface area contributed by atoms with Crippen molar-refractivity contribution in [1.82, 2.24) is 0 Å². The van der Waals surface area contributed by atoms with Crippen molar-refractivity contribution in [2.24, 2.45) is 5.73 Å². The Morgan fingerprint density at radius 1 is 1.44 bits per heavy atom. The molecule has 0 spiro atoms. The van der Waals surface area contributed by atoms with Crippen LogP contribution in [-0.4, -0.2) is 18.4 Å². The van der Waals surface area contributed by atoms with Crippen molar-refractivity contribution >= 4 is 23.1 Å². The second-order valence-corrected chi connectivity index (χ2v) is 5.21. The highest BCUT2D eigenvalue weighted by molar-refractivity contribution is 6.33. The lowest BCUT2D eigenvalue weighted by atomic mass is 10.1. The first-order valence-corrected chi connectivity index (χ1v) is 6.92. The standard InChI is InChI=1S/C14H20ClN3/c1-2-18(11-5-3-4-6-11)13-8-7-10(14(16)17)9-12(13)15/h7-9,11H,2-6H2,1H3,(H3,16,17). The van der Waals surface area contributed by atoms with Crippen molar-refractivity contribution in [3.63, 3.8) is 0 Å². The third-order valence-electron chi connectivity index (χ3n) is 3.67. The summed E-state index contributed by atoms with van der Waals surface area (Å²) in [6.07, 6.45) is 5.12. The Balaban J connectivity index is 2.27. The van der Waals surface area contributed by atoms with Crippen molar-refractivity contribution in [3.05, 3.63) is 28.8 Å². The maximum absolute atomic E-state index is 7.43. The summed E-state index contributed by atoms with van der Waals surface area (Å²) in [7, 11) is 0. The maximum Gasteiger partial charge on any atom is 0.122 e. The van der Waals surface area contributed by atoms with Gasteiger partial charge in [0.25, 0.3) is 0 Å². The van der Waals surface area contributed by atoms with Crippen molar-refractivity contribution in [1.29, 1.82) is 5.41 Å². The second kappa shape index (κ2) is 5.61. The van der Waals surface area contributed by atoms with E-state index >= 15 is 0 Å². The fourth-order valence-electron chi connectivity index (χ4n) is 2.75. The van der Waals surface area contributed by atoms with Gasteiger partial charge in [-0.1, -0.05) is 24.4 Å². The van der Waals surface area contributed by atoms with Crippen LogP contribution in [0, 0.1) is 5.41 Å². The smallest absolute Gasteiger partial charge is 0.122 e. The summed E-state index contributed by atoms with van der Waals surface area (Å²) in [6.45, 7) is 3.12. The van der Waals surface area contributed by atoms with Crippen molar-refractivity contribution in [2.75, 3.05) is 11.4 Å². The Bertz CT molecular complexity index is 439. The predicted octanol–water partition coefficient (Wildman–Crippen LogP) is 3.39. The van der Waals surface area contributed by atoms with Crippen LogP contribution in [0.4, 0.5) is 5.69 Å². The summed E-state index contributed by atoms with van der Waals surface area (Å²) in [5.41, 5.74) is 7.23. The van der Waals surface area contributed by atoms with Gasteiger partial charge in [0.2, 0.25) is 0 Å². The molecule has 1 aliphatic rings. The fraction of sp³-hybridized carbons (Fsp3) is 0.500. The molecule has 1 aromatic carbocycles. The molecular formula is C14H20ClN3. The van der Waals surface area contributed by atoms with Gasteiger partial charge >= 0.3 is 0 Å². The van der Waals surface area contributed by atoms with Gasteiger partial charge in [-0.05, 0) is 38.0 Å². The predicted molar refractivity (Wildman–Crippen MR) is 77.7 cm³/mol. The molecule has 0 aromatic heterocycles. The normalized spacial score (nSPS) is 15.9. The molecule has 3 nitrogen and oxygen atoms in total. The Kier molecular flexibility index (Phi) is 4.12. The number of rotatable bonds is 4. The highest BCUT2D eigenvalue weighted by Gasteiger charge is 2.23. The van der Waals surface area contributed by atoms with Crippen LogP contribution in [0.1, 0.15) is 38.2 Å². The van der Waals surface area contributed by atoms with E-state index in [9.17, 15) is 0 Å². The number of hydrogen-bond donors (Lipinski definition) is 2. The van der Waals surface area contributed by atoms with Crippen LogP contribution in [0.2, 0.25) is 5.02 Å². The van der Waals surface area contributed by atoms with E-state index in [1.54, 1.807) is 6.07 Å². The molecule has 0 aliphatic heterocycles. The molecule has 1 aromatic rings. The Morgan fingerprint density at radius 3 is 2.61 bits per heavy atom. The monoisotopic (exact) mass is 265 g/mol. The summed E-state index contributed by atoms with van der Waals surface area (Å²) >= 11 is 6.33. The van der Waals surface area contributed by atoms with Gasteiger partial charge in [-0.3, -0.25) is 5.41 Å². The van der Waals surface area contributed by atoms with Crippen molar-refractivity contribution < 1.29 is 0 Å². The number of anilines is 1. The van der Waals surface area contributed by atoms with Gasteiger partial charge in [-0.15, -0.1) is 0 Å². The first kappa shape index (κ1) is 13.2. The molecule has 1 fully saturated rings. The average Bonchev–Trinajstić information content (AvgIpc) is 2.85. The molecule has 0 amide bonds. The van der Waals surface area contributed by atoms with Crippen molar-refractivity contribution in [3.8, 4) is 0 Å². The summed E-state index contributed by atoms with van der Waals surface area (Å²) in [5.74, 6) is 0.0624. The number of hydrogen-bond acceptors (Lipinski definition) is 2. The molecule has 18 heavy (non-hydrogen) atoms. The van der Waals surface area contributed by atoms with Crippen LogP contribution in [-0.2, 0) is 0 Å². The SMILES string of the molecule is CCN(c1ccc(C(=N)N)cc1Cl)C1CCCC1. The van der Waals surface area contributed by atoms with E-state index in [4.69, 9.17) is 22.7 Å². The minimum atomic E-state index is 0.0624. The van der Waals surface area contributed by atoms with Gasteiger partial charge in [-0.2, -0.15) is 0 Å². The van der Waals surface area contributed by atoms with Gasteiger partial charge < -0.3 is 10.6 Å². The number of nitrogen functional groups attached to an aromatic ring is 1. The molecule has 0 bridgehead atoms.